The molecule has 0 aliphatic heterocycles. The Morgan fingerprint density at radius 3 is 2.79 bits per heavy atom. The molecule has 2 aromatic rings. The maximum Gasteiger partial charge on any atom is 0.129 e. The van der Waals surface area contributed by atoms with Gasteiger partial charge in [-0.3, -0.25) is 4.68 Å². The summed E-state index contributed by atoms with van der Waals surface area (Å²) in [6, 6.07) is 2.35. The minimum absolute atomic E-state index is 0.264. The van der Waals surface area contributed by atoms with Gasteiger partial charge in [0.1, 0.15) is 5.75 Å². The third-order valence-corrected chi connectivity index (χ3v) is 5.24. The van der Waals surface area contributed by atoms with E-state index in [1.807, 2.05) is 31.1 Å². The number of likely N-dealkylation sites (N-methyl/N-ethyl adjacent to an activating group) is 1. The monoisotopic (exact) mass is 343 g/mol. The molecule has 6 heteroatoms. The van der Waals surface area contributed by atoms with E-state index >= 15 is 0 Å². The molecule has 104 valence electrons. The van der Waals surface area contributed by atoms with Gasteiger partial charge in [0.2, 0.25) is 0 Å². The number of methoxy groups -OCH3 is 1. The zero-order chi connectivity index (χ0) is 14.0. The molecule has 19 heavy (non-hydrogen) atoms. The van der Waals surface area contributed by atoms with Gasteiger partial charge >= 0.3 is 0 Å². The Kier molecular flexibility index (Phi) is 4.65. The lowest BCUT2D eigenvalue weighted by Crippen LogP contribution is -2.19. The summed E-state index contributed by atoms with van der Waals surface area (Å²) in [5.41, 5.74) is 2.22. The lowest BCUT2D eigenvalue weighted by atomic mass is 10.1. The largest absolute Gasteiger partial charge is 0.496 e. The molecular formula is C13H18BrN3OS. The predicted octanol–water partition coefficient (Wildman–Crippen LogP) is 3.06. The lowest BCUT2D eigenvalue weighted by Gasteiger charge is -2.15. The molecule has 2 heterocycles. The van der Waals surface area contributed by atoms with Crippen LogP contribution in [0.4, 0.5) is 0 Å². The standard InChI is InChI=1S/C13H18BrN3OS/c1-8-13(14)11(17(3)16-8)6-10(15-2)12-5-9(18-4)7-19-12/h5,7,10,15H,6H2,1-4H3. The maximum absolute atomic E-state index is 5.25. The van der Waals surface area contributed by atoms with Crippen LogP contribution in [0.5, 0.6) is 5.75 Å². The van der Waals surface area contributed by atoms with Crippen molar-refractivity contribution in [1.29, 1.82) is 0 Å². The Labute approximate surface area is 125 Å². The van der Waals surface area contributed by atoms with Crippen LogP contribution in [0.1, 0.15) is 22.3 Å². The number of rotatable bonds is 5. The Balaban J connectivity index is 2.23. The molecule has 0 saturated carbocycles. The smallest absolute Gasteiger partial charge is 0.129 e. The zero-order valence-electron chi connectivity index (χ0n) is 11.5. The second-order valence-corrected chi connectivity index (χ2v) is 6.14. The second-order valence-electron chi connectivity index (χ2n) is 4.40. The van der Waals surface area contributed by atoms with Crippen LogP contribution in [0.2, 0.25) is 0 Å². The highest BCUT2D eigenvalue weighted by Gasteiger charge is 2.18. The zero-order valence-corrected chi connectivity index (χ0v) is 13.9. The van der Waals surface area contributed by atoms with Crippen molar-refractivity contribution in [3.05, 3.63) is 32.2 Å². The summed E-state index contributed by atoms with van der Waals surface area (Å²) in [5.74, 6) is 0.917. The Bertz CT molecular complexity index is 564. The summed E-state index contributed by atoms with van der Waals surface area (Å²) in [4.78, 5) is 1.27. The van der Waals surface area contributed by atoms with Crippen LogP contribution in [-0.2, 0) is 13.5 Å². The minimum Gasteiger partial charge on any atom is -0.496 e. The van der Waals surface area contributed by atoms with Crippen LogP contribution < -0.4 is 10.1 Å². The molecule has 0 amide bonds. The highest BCUT2D eigenvalue weighted by atomic mass is 79.9. The highest BCUT2D eigenvalue weighted by molar-refractivity contribution is 9.10. The van der Waals surface area contributed by atoms with Crippen molar-refractivity contribution in [3.8, 4) is 5.75 Å². The summed E-state index contributed by atoms with van der Waals surface area (Å²) >= 11 is 5.33. The SMILES string of the molecule is CNC(Cc1c(Br)c(C)nn1C)c1cc(OC)cs1. The van der Waals surface area contributed by atoms with Gasteiger partial charge in [-0.15, -0.1) is 11.3 Å². The van der Waals surface area contributed by atoms with Gasteiger partial charge in [0.25, 0.3) is 0 Å². The van der Waals surface area contributed by atoms with Crippen LogP contribution in [0.25, 0.3) is 0 Å². The molecule has 2 rings (SSSR count). The summed E-state index contributed by atoms with van der Waals surface area (Å²) in [5, 5.41) is 9.83. The number of aryl methyl sites for hydroxylation is 2. The summed E-state index contributed by atoms with van der Waals surface area (Å²) in [6.07, 6.45) is 0.887. The number of hydrogen-bond donors (Lipinski definition) is 1. The van der Waals surface area contributed by atoms with Crippen molar-refractivity contribution in [2.45, 2.75) is 19.4 Å². The predicted molar refractivity (Wildman–Crippen MR) is 82.0 cm³/mol. The summed E-state index contributed by atoms with van der Waals surface area (Å²) in [6.45, 7) is 2.01. The molecule has 1 N–H and O–H groups in total. The van der Waals surface area contributed by atoms with E-state index in [4.69, 9.17) is 4.74 Å². The molecule has 0 fully saturated rings. The quantitative estimate of drug-likeness (QED) is 0.906. The average molecular weight is 344 g/mol. The van der Waals surface area contributed by atoms with Gasteiger partial charge in [-0.05, 0) is 36.0 Å². The number of thiophene rings is 1. The van der Waals surface area contributed by atoms with E-state index < -0.39 is 0 Å². The van der Waals surface area contributed by atoms with Crippen molar-refractivity contribution in [3.63, 3.8) is 0 Å². The first-order valence-electron chi connectivity index (χ1n) is 6.04. The van der Waals surface area contributed by atoms with Crippen molar-refractivity contribution in [2.24, 2.45) is 7.05 Å². The molecule has 0 bridgehead atoms. The van der Waals surface area contributed by atoms with E-state index in [-0.39, 0.29) is 6.04 Å². The van der Waals surface area contributed by atoms with Crippen LogP contribution >= 0.6 is 27.3 Å². The second kappa shape index (κ2) is 6.07. The van der Waals surface area contributed by atoms with Crippen LogP contribution in [0.15, 0.2) is 15.9 Å². The summed E-state index contributed by atoms with van der Waals surface area (Å²) in [7, 11) is 5.66. The highest BCUT2D eigenvalue weighted by Crippen LogP contribution is 2.31. The van der Waals surface area contributed by atoms with Gasteiger partial charge in [-0.25, -0.2) is 0 Å². The van der Waals surface area contributed by atoms with Crippen LogP contribution in [-0.4, -0.2) is 23.9 Å². The van der Waals surface area contributed by atoms with E-state index in [9.17, 15) is 0 Å². The molecule has 0 aliphatic rings. The van der Waals surface area contributed by atoms with Crippen molar-refractivity contribution in [2.75, 3.05) is 14.2 Å². The molecular weight excluding hydrogens is 326 g/mol. The first-order valence-corrected chi connectivity index (χ1v) is 7.71. The van der Waals surface area contributed by atoms with Gasteiger partial charge in [0, 0.05) is 29.8 Å². The molecule has 0 saturated heterocycles. The molecule has 1 unspecified atom stereocenters. The Hall–Kier alpha value is -0.850. The fraction of sp³-hybridized carbons (Fsp3) is 0.462. The molecule has 0 aromatic carbocycles. The number of hydrogen-bond acceptors (Lipinski definition) is 4. The van der Waals surface area contributed by atoms with E-state index in [1.165, 1.54) is 10.6 Å². The number of nitrogens with zero attached hydrogens (tertiary/aromatic N) is 2. The molecule has 1 atom stereocenters. The molecule has 2 aromatic heterocycles. The number of aromatic nitrogens is 2. The van der Waals surface area contributed by atoms with Gasteiger partial charge < -0.3 is 10.1 Å². The molecule has 0 aliphatic carbocycles. The average Bonchev–Trinajstić information content (AvgIpc) is 2.95. The molecule has 0 radical (unpaired) electrons. The van der Waals surface area contributed by atoms with E-state index in [0.29, 0.717) is 0 Å². The van der Waals surface area contributed by atoms with Gasteiger partial charge in [0.05, 0.1) is 23.0 Å². The van der Waals surface area contributed by atoms with Crippen molar-refractivity contribution in [1.82, 2.24) is 15.1 Å². The van der Waals surface area contributed by atoms with E-state index in [0.717, 1.165) is 22.3 Å². The van der Waals surface area contributed by atoms with Gasteiger partial charge in [0.15, 0.2) is 0 Å². The third-order valence-electron chi connectivity index (χ3n) is 3.18. The van der Waals surface area contributed by atoms with Crippen molar-refractivity contribution < 1.29 is 4.74 Å². The van der Waals surface area contributed by atoms with Crippen LogP contribution in [0, 0.1) is 6.92 Å². The topological polar surface area (TPSA) is 39.1 Å². The maximum atomic E-state index is 5.25. The minimum atomic E-state index is 0.264. The van der Waals surface area contributed by atoms with E-state index in [2.05, 4.69) is 32.4 Å². The first-order chi connectivity index (χ1) is 9.06. The Morgan fingerprint density at radius 1 is 1.58 bits per heavy atom. The normalized spacial score (nSPS) is 12.7. The number of halogens is 1. The van der Waals surface area contributed by atoms with Gasteiger partial charge in [-0.2, -0.15) is 5.10 Å². The molecule has 0 spiro atoms. The fourth-order valence-electron chi connectivity index (χ4n) is 2.06. The van der Waals surface area contributed by atoms with E-state index in [1.54, 1.807) is 18.4 Å². The number of nitrogens with one attached hydrogen (secondary N) is 1. The fourth-order valence-corrected chi connectivity index (χ4v) is 3.53. The van der Waals surface area contributed by atoms with Crippen LogP contribution in [0.3, 0.4) is 0 Å². The Morgan fingerprint density at radius 2 is 2.32 bits per heavy atom. The molecule has 4 nitrogen and oxygen atoms in total. The van der Waals surface area contributed by atoms with Crippen molar-refractivity contribution >= 4 is 27.3 Å². The summed E-state index contributed by atoms with van der Waals surface area (Å²) < 4.78 is 8.28. The first kappa shape index (κ1) is 14.6. The number of ether oxygens (including phenoxy) is 1. The lowest BCUT2D eigenvalue weighted by molar-refractivity contribution is 0.416. The third kappa shape index (κ3) is 3.01. The van der Waals surface area contributed by atoms with Gasteiger partial charge in [-0.1, -0.05) is 0 Å².